The summed E-state index contributed by atoms with van der Waals surface area (Å²) in [6.45, 7) is 0. The summed E-state index contributed by atoms with van der Waals surface area (Å²) in [5.41, 5.74) is 1.39. The van der Waals surface area contributed by atoms with Gasteiger partial charge in [-0.3, -0.25) is 9.59 Å². The van der Waals surface area contributed by atoms with E-state index in [4.69, 9.17) is 17.0 Å². The Bertz CT molecular complexity index is 794. The molecule has 3 rings (SSSR count). The van der Waals surface area contributed by atoms with Crippen LogP contribution in [-0.4, -0.2) is 28.5 Å². The van der Waals surface area contributed by atoms with Gasteiger partial charge in [0, 0.05) is 12.1 Å². The summed E-state index contributed by atoms with van der Waals surface area (Å²) in [5.74, 6) is 0.189. The van der Waals surface area contributed by atoms with Gasteiger partial charge < -0.3 is 10.1 Å². The molecule has 0 saturated carbocycles. The van der Waals surface area contributed by atoms with Crippen LogP contribution in [0.15, 0.2) is 54.6 Å². The maximum absolute atomic E-state index is 12.6. The molecule has 0 aliphatic carbocycles. The number of carbonyl (C=O) groups excluding carboxylic acids is 2. The van der Waals surface area contributed by atoms with Crippen molar-refractivity contribution in [2.24, 2.45) is 0 Å². The van der Waals surface area contributed by atoms with Crippen LogP contribution in [0.4, 0.5) is 11.4 Å². The van der Waals surface area contributed by atoms with Crippen LogP contribution in [0.1, 0.15) is 6.42 Å². The van der Waals surface area contributed by atoms with Crippen LogP contribution in [0.3, 0.4) is 0 Å². The molecule has 2 aromatic rings. The fourth-order valence-corrected chi connectivity index (χ4v) is 3.83. The standard InChI is InChI=1S/C18H16N2O3S2/c1-23-14-9-7-13(8-10-14)20-16(21)11-15(17(20)22)25-18(24)19-12-5-3-2-4-6-12/h2-10,15H,11H2,1H3,(H,19,24). The molecule has 1 fully saturated rings. The summed E-state index contributed by atoms with van der Waals surface area (Å²) in [4.78, 5) is 26.1. The van der Waals surface area contributed by atoms with E-state index in [-0.39, 0.29) is 18.2 Å². The van der Waals surface area contributed by atoms with Crippen molar-refractivity contribution in [3.05, 3.63) is 54.6 Å². The van der Waals surface area contributed by atoms with Crippen LogP contribution in [-0.2, 0) is 9.59 Å². The molecule has 0 bridgehead atoms. The van der Waals surface area contributed by atoms with Gasteiger partial charge in [-0.25, -0.2) is 4.90 Å². The number of nitrogens with zero attached hydrogens (tertiary/aromatic N) is 1. The van der Waals surface area contributed by atoms with Crippen molar-refractivity contribution in [1.29, 1.82) is 0 Å². The lowest BCUT2D eigenvalue weighted by Gasteiger charge is -2.15. The molecule has 5 nitrogen and oxygen atoms in total. The quantitative estimate of drug-likeness (QED) is 0.655. The molecule has 25 heavy (non-hydrogen) atoms. The summed E-state index contributed by atoms with van der Waals surface area (Å²) in [6, 6.07) is 16.3. The number of nitrogens with one attached hydrogen (secondary N) is 1. The van der Waals surface area contributed by atoms with E-state index in [9.17, 15) is 9.59 Å². The van der Waals surface area contributed by atoms with Crippen LogP contribution in [0.2, 0.25) is 0 Å². The van der Waals surface area contributed by atoms with Crippen LogP contribution in [0.25, 0.3) is 0 Å². The lowest BCUT2D eigenvalue weighted by molar-refractivity contribution is -0.121. The smallest absolute Gasteiger partial charge is 0.247 e. The van der Waals surface area contributed by atoms with E-state index < -0.39 is 5.25 Å². The molecule has 0 spiro atoms. The van der Waals surface area contributed by atoms with Crippen molar-refractivity contribution >= 4 is 51.5 Å². The van der Waals surface area contributed by atoms with E-state index in [1.165, 1.54) is 16.7 Å². The molecular weight excluding hydrogens is 356 g/mol. The van der Waals surface area contributed by atoms with Crippen molar-refractivity contribution in [3.63, 3.8) is 0 Å². The minimum atomic E-state index is -0.515. The Morgan fingerprint density at radius 2 is 1.84 bits per heavy atom. The largest absolute Gasteiger partial charge is 0.497 e. The van der Waals surface area contributed by atoms with Gasteiger partial charge in [-0.2, -0.15) is 0 Å². The van der Waals surface area contributed by atoms with Gasteiger partial charge in [0.15, 0.2) is 0 Å². The lowest BCUT2D eigenvalue weighted by atomic mass is 10.3. The van der Waals surface area contributed by atoms with Gasteiger partial charge >= 0.3 is 0 Å². The van der Waals surface area contributed by atoms with E-state index in [1.807, 2.05) is 30.3 Å². The maximum Gasteiger partial charge on any atom is 0.247 e. The summed E-state index contributed by atoms with van der Waals surface area (Å²) in [5, 5.41) is 2.55. The molecule has 0 aromatic heterocycles. The third-order valence-corrected chi connectivity index (χ3v) is 5.07. The first kappa shape index (κ1) is 17.4. The summed E-state index contributed by atoms with van der Waals surface area (Å²) in [6.07, 6.45) is 0.131. The van der Waals surface area contributed by atoms with Gasteiger partial charge in [-0.05, 0) is 36.4 Å². The first-order chi connectivity index (χ1) is 12.1. The number of imide groups is 1. The third-order valence-electron chi connectivity index (χ3n) is 3.71. The van der Waals surface area contributed by atoms with Crippen LogP contribution in [0.5, 0.6) is 5.75 Å². The number of hydrogen-bond acceptors (Lipinski definition) is 5. The van der Waals surface area contributed by atoms with Gasteiger partial charge in [0.2, 0.25) is 11.8 Å². The third kappa shape index (κ3) is 4.00. The minimum absolute atomic E-state index is 0.131. The number of thiocarbonyl (C=S) groups is 1. The van der Waals surface area contributed by atoms with Gasteiger partial charge in [0.25, 0.3) is 0 Å². The molecule has 2 amide bonds. The van der Waals surface area contributed by atoms with E-state index in [2.05, 4.69) is 5.32 Å². The Kier molecular flexibility index (Phi) is 5.35. The number of methoxy groups -OCH3 is 1. The molecule has 1 unspecified atom stereocenters. The second-order valence-corrected chi connectivity index (χ2v) is 7.23. The Labute approximate surface area is 155 Å². The number of rotatable bonds is 4. The fourth-order valence-electron chi connectivity index (χ4n) is 2.50. The first-order valence-electron chi connectivity index (χ1n) is 7.62. The Balaban J connectivity index is 1.67. The normalized spacial score (nSPS) is 16.8. The van der Waals surface area contributed by atoms with Crippen molar-refractivity contribution in [1.82, 2.24) is 0 Å². The highest BCUT2D eigenvalue weighted by molar-refractivity contribution is 8.24. The van der Waals surface area contributed by atoms with Crippen LogP contribution >= 0.6 is 24.0 Å². The highest BCUT2D eigenvalue weighted by Gasteiger charge is 2.40. The Hall–Kier alpha value is -2.38. The van der Waals surface area contributed by atoms with Crippen molar-refractivity contribution in [2.75, 3.05) is 17.3 Å². The zero-order valence-corrected chi connectivity index (χ0v) is 15.1. The van der Waals surface area contributed by atoms with Crippen molar-refractivity contribution in [3.8, 4) is 5.75 Å². The summed E-state index contributed by atoms with van der Waals surface area (Å²) in [7, 11) is 1.56. The average Bonchev–Trinajstić information content (AvgIpc) is 2.89. The average molecular weight is 372 g/mol. The van der Waals surface area contributed by atoms with Gasteiger partial charge in [0.05, 0.1) is 12.8 Å². The molecule has 1 heterocycles. The van der Waals surface area contributed by atoms with E-state index in [0.29, 0.717) is 15.8 Å². The van der Waals surface area contributed by atoms with Crippen LogP contribution < -0.4 is 15.0 Å². The Morgan fingerprint density at radius 1 is 1.16 bits per heavy atom. The maximum atomic E-state index is 12.6. The molecule has 7 heteroatoms. The second kappa shape index (κ2) is 7.67. The predicted octanol–water partition coefficient (Wildman–Crippen LogP) is 3.46. The number of hydrogen-bond donors (Lipinski definition) is 1. The highest BCUT2D eigenvalue weighted by Crippen LogP contribution is 2.31. The number of amides is 2. The second-order valence-electron chi connectivity index (χ2n) is 5.35. The minimum Gasteiger partial charge on any atom is -0.497 e. The fraction of sp³-hybridized carbons (Fsp3) is 0.167. The summed E-state index contributed by atoms with van der Waals surface area (Å²) < 4.78 is 5.56. The molecular formula is C18H16N2O3S2. The Morgan fingerprint density at radius 3 is 2.48 bits per heavy atom. The first-order valence-corrected chi connectivity index (χ1v) is 8.91. The molecule has 1 saturated heterocycles. The van der Waals surface area contributed by atoms with E-state index >= 15 is 0 Å². The summed E-state index contributed by atoms with van der Waals surface area (Å²) >= 11 is 6.51. The topological polar surface area (TPSA) is 58.6 Å². The predicted molar refractivity (Wildman–Crippen MR) is 104 cm³/mol. The monoisotopic (exact) mass is 372 g/mol. The van der Waals surface area contributed by atoms with E-state index in [0.717, 1.165) is 5.69 Å². The highest BCUT2D eigenvalue weighted by atomic mass is 32.2. The number of benzene rings is 2. The number of thioether (sulfide) groups is 1. The van der Waals surface area contributed by atoms with Crippen molar-refractivity contribution in [2.45, 2.75) is 11.7 Å². The molecule has 128 valence electrons. The van der Waals surface area contributed by atoms with Crippen molar-refractivity contribution < 1.29 is 14.3 Å². The van der Waals surface area contributed by atoms with Crippen LogP contribution in [0, 0.1) is 0 Å². The zero-order chi connectivity index (χ0) is 17.8. The molecule has 1 aliphatic rings. The number of anilines is 2. The number of carbonyl (C=O) groups is 2. The number of para-hydroxylation sites is 1. The molecule has 2 aromatic carbocycles. The molecule has 1 N–H and O–H groups in total. The van der Waals surface area contributed by atoms with E-state index in [1.54, 1.807) is 31.4 Å². The zero-order valence-electron chi connectivity index (χ0n) is 13.5. The number of ether oxygens (including phenoxy) is 1. The molecule has 1 atom stereocenters. The molecule has 1 aliphatic heterocycles. The van der Waals surface area contributed by atoms with Gasteiger partial charge in [-0.15, -0.1) is 0 Å². The SMILES string of the molecule is COc1ccc(N2C(=O)CC(SC(=S)Nc3ccccc3)C2=O)cc1. The lowest BCUT2D eigenvalue weighted by Crippen LogP contribution is -2.31. The van der Waals surface area contributed by atoms with Gasteiger partial charge in [-0.1, -0.05) is 42.2 Å². The molecule has 0 radical (unpaired) electrons. The van der Waals surface area contributed by atoms with Gasteiger partial charge in [0.1, 0.15) is 15.3 Å².